The average molecular weight is 255 g/mol. The molecule has 0 aromatic rings. The van der Waals surface area contributed by atoms with Gasteiger partial charge < -0.3 is 4.79 Å². The first-order valence-electron chi connectivity index (χ1n) is 1.76. The Bertz CT molecular complexity index is 28.7. The van der Waals surface area contributed by atoms with Crippen molar-refractivity contribution in [3.63, 3.8) is 0 Å². The molecule has 0 N–H and O–H groups in total. The molecule has 0 aliphatic rings. The van der Waals surface area contributed by atoms with Gasteiger partial charge in [-0.05, 0) is 0 Å². The first kappa shape index (κ1) is 9.61. The van der Waals surface area contributed by atoms with Crippen LogP contribution in [-0.4, -0.2) is 6.29 Å². The third-order valence-corrected chi connectivity index (χ3v) is 0.352. The molecular formula is C4H7OW-. The Morgan fingerprint density at radius 1 is 1.67 bits per heavy atom. The Hall–Kier alpha value is 0.358. The smallest absolute Gasteiger partial charge is 0 e. The molecule has 0 amide bonds. The van der Waals surface area contributed by atoms with Crippen molar-refractivity contribution in [1.29, 1.82) is 0 Å². The van der Waals surface area contributed by atoms with Gasteiger partial charge in [-0.2, -0.15) is 6.42 Å². The van der Waals surface area contributed by atoms with E-state index in [0.717, 1.165) is 6.42 Å². The van der Waals surface area contributed by atoms with Crippen molar-refractivity contribution in [3.05, 3.63) is 0 Å². The minimum absolute atomic E-state index is 0. The monoisotopic (exact) mass is 255 g/mol. The van der Waals surface area contributed by atoms with E-state index in [-0.39, 0.29) is 21.1 Å². The predicted molar refractivity (Wildman–Crippen MR) is 20.6 cm³/mol. The summed E-state index contributed by atoms with van der Waals surface area (Å²) < 4.78 is 0. The van der Waals surface area contributed by atoms with Crippen molar-refractivity contribution in [3.8, 4) is 0 Å². The quantitative estimate of drug-likeness (QED) is 0.670. The van der Waals surface area contributed by atoms with Crippen LogP contribution in [0.3, 0.4) is 0 Å². The van der Waals surface area contributed by atoms with Crippen LogP contribution < -0.4 is 0 Å². The summed E-state index contributed by atoms with van der Waals surface area (Å²) in [6.45, 7) is 1.95. The fourth-order valence-electron chi connectivity index (χ4n) is 0.102. The van der Waals surface area contributed by atoms with Crippen molar-refractivity contribution in [2.24, 2.45) is 0 Å². The standard InChI is InChI=1S/C4H7O.W/c1-2-3-4-5;/h2-3H2,1H3;/q-1;. The molecule has 0 aromatic carbocycles. The van der Waals surface area contributed by atoms with Crippen LogP contribution in [0.1, 0.15) is 19.8 Å². The summed E-state index contributed by atoms with van der Waals surface area (Å²) in [4.78, 5) is 9.28. The molecular weight excluding hydrogens is 248 g/mol. The van der Waals surface area contributed by atoms with Crippen LogP contribution in [0.2, 0.25) is 0 Å². The SMILES string of the molecule is CCC[C-]=O.[W]. The molecule has 0 spiro atoms. The first-order valence-corrected chi connectivity index (χ1v) is 1.76. The van der Waals surface area contributed by atoms with E-state index in [1.54, 1.807) is 6.29 Å². The summed E-state index contributed by atoms with van der Waals surface area (Å²) in [6.07, 6.45) is 3.27. The zero-order valence-electron chi connectivity index (χ0n) is 3.73. The first-order chi connectivity index (χ1) is 2.41. The molecule has 0 aliphatic carbocycles. The van der Waals surface area contributed by atoms with Crippen molar-refractivity contribution in [2.45, 2.75) is 19.8 Å². The van der Waals surface area contributed by atoms with Crippen molar-refractivity contribution < 1.29 is 25.9 Å². The molecule has 0 atom stereocenters. The molecule has 6 heavy (non-hydrogen) atoms. The van der Waals surface area contributed by atoms with Gasteiger partial charge in [0.25, 0.3) is 0 Å². The number of unbranched alkanes of at least 4 members (excludes halogenated alkanes) is 1. The van der Waals surface area contributed by atoms with Gasteiger partial charge in [-0.25, -0.2) is 0 Å². The number of hydrogen-bond donors (Lipinski definition) is 0. The molecule has 2 heteroatoms. The van der Waals surface area contributed by atoms with Crippen LogP contribution >= 0.6 is 0 Å². The van der Waals surface area contributed by atoms with Crippen LogP contribution in [0, 0.1) is 0 Å². The van der Waals surface area contributed by atoms with Crippen molar-refractivity contribution >= 4 is 6.29 Å². The Labute approximate surface area is 52.4 Å². The minimum Gasteiger partial charge on any atom is -0.542 e. The Morgan fingerprint density at radius 3 is 2.17 bits per heavy atom. The molecule has 0 heterocycles. The number of hydrogen-bond acceptors (Lipinski definition) is 1. The van der Waals surface area contributed by atoms with Crippen molar-refractivity contribution in [1.82, 2.24) is 0 Å². The van der Waals surface area contributed by atoms with Crippen LogP contribution in [0.4, 0.5) is 0 Å². The normalized spacial score (nSPS) is 6.17. The van der Waals surface area contributed by atoms with E-state index in [1.165, 1.54) is 0 Å². The molecule has 0 fully saturated rings. The van der Waals surface area contributed by atoms with Crippen LogP contribution in [0.5, 0.6) is 0 Å². The summed E-state index contributed by atoms with van der Waals surface area (Å²) in [5.41, 5.74) is 0. The molecule has 0 aromatic heterocycles. The van der Waals surface area contributed by atoms with E-state index < -0.39 is 0 Å². The minimum atomic E-state index is 0. The van der Waals surface area contributed by atoms with E-state index in [0.29, 0.717) is 6.42 Å². The van der Waals surface area contributed by atoms with Gasteiger partial charge in [-0.3, -0.25) is 6.29 Å². The van der Waals surface area contributed by atoms with E-state index in [4.69, 9.17) is 0 Å². The van der Waals surface area contributed by atoms with Gasteiger partial charge in [-0.1, -0.05) is 13.3 Å². The van der Waals surface area contributed by atoms with Crippen LogP contribution in [0.25, 0.3) is 0 Å². The molecule has 1 nitrogen and oxygen atoms in total. The van der Waals surface area contributed by atoms with Crippen molar-refractivity contribution in [2.75, 3.05) is 0 Å². The third kappa shape index (κ3) is 8.84. The molecule has 36 valence electrons. The van der Waals surface area contributed by atoms with Gasteiger partial charge in [0.15, 0.2) is 0 Å². The maximum absolute atomic E-state index is 9.28. The van der Waals surface area contributed by atoms with Gasteiger partial charge in [0.1, 0.15) is 0 Å². The molecule has 0 radical (unpaired) electrons. The maximum Gasteiger partial charge on any atom is 0 e. The second kappa shape index (κ2) is 9.02. The molecule has 0 bridgehead atoms. The second-order valence-corrected chi connectivity index (χ2v) is 0.894. The van der Waals surface area contributed by atoms with Gasteiger partial charge in [0, 0.05) is 21.1 Å². The largest absolute Gasteiger partial charge is 0.542 e. The zero-order chi connectivity index (χ0) is 4.12. The Morgan fingerprint density at radius 2 is 2.17 bits per heavy atom. The van der Waals surface area contributed by atoms with E-state index in [9.17, 15) is 4.79 Å². The van der Waals surface area contributed by atoms with E-state index in [1.807, 2.05) is 6.92 Å². The summed E-state index contributed by atoms with van der Waals surface area (Å²) in [5, 5.41) is 0. The van der Waals surface area contributed by atoms with Gasteiger partial charge in [-0.15, -0.1) is 0 Å². The third-order valence-electron chi connectivity index (χ3n) is 0.352. The average Bonchev–Trinajstić information content (AvgIpc) is 1.41. The van der Waals surface area contributed by atoms with Gasteiger partial charge in [0.2, 0.25) is 0 Å². The fraction of sp³-hybridized carbons (Fsp3) is 0.750. The maximum atomic E-state index is 9.28. The summed E-state index contributed by atoms with van der Waals surface area (Å²) in [6, 6.07) is 0. The molecule has 0 saturated carbocycles. The predicted octanol–water partition coefficient (Wildman–Crippen LogP) is 0.894. The Kier molecular flexibility index (Phi) is 14.5. The van der Waals surface area contributed by atoms with Crippen LogP contribution in [-0.2, 0) is 25.9 Å². The molecule has 0 aliphatic heterocycles. The molecule has 0 rings (SSSR count). The van der Waals surface area contributed by atoms with E-state index >= 15 is 0 Å². The molecule has 0 unspecified atom stereocenters. The topological polar surface area (TPSA) is 17.1 Å². The summed E-state index contributed by atoms with van der Waals surface area (Å²) in [7, 11) is 0. The Balaban J connectivity index is 0. The fourth-order valence-corrected chi connectivity index (χ4v) is 0.102. The van der Waals surface area contributed by atoms with E-state index in [2.05, 4.69) is 0 Å². The summed E-state index contributed by atoms with van der Waals surface area (Å²) in [5.74, 6) is 0. The number of carbonyl (C=O) groups excluding carboxylic acids is 1. The van der Waals surface area contributed by atoms with Gasteiger partial charge in [0.05, 0.1) is 0 Å². The number of rotatable bonds is 2. The second-order valence-electron chi connectivity index (χ2n) is 0.894. The summed E-state index contributed by atoms with van der Waals surface area (Å²) >= 11 is 0. The zero-order valence-corrected chi connectivity index (χ0v) is 6.66. The molecule has 0 saturated heterocycles. The van der Waals surface area contributed by atoms with Crippen LogP contribution in [0.15, 0.2) is 0 Å². The van der Waals surface area contributed by atoms with Gasteiger partial charge >= 0.3 is 0 Å².